The van der Waals surface area contributed by atoms with Crippen molar-refractivity contribution in [2.45, 2.75) is 4.77 Å². The summed E-state index contributed by atoms with van der Waals surface area (Å²) in [5.74, 6) is 0.953. The van der Waals surface area contributed by atoms with Gasteiger partial charge in [0.15, 0.2) is 4.77 Å². The number of aliphatic hydroxyl groups excluding tert-OH is 1. The maximum absolute atomic E-state index is 8.78. The lowest BCUT2D eigenvalue weighted by molar-refractivity contribution is 0.346. The normalized spacial score (nSPS) is 30.7. The van der Waals surface area contributed by atoms with Crippen LogP contribution in [0, 0.1) is 0 Å². The molecule has 1 aliphatic rings. The van der Waals surface area contributed by atoms with Crippen molar-refractivity contribution in [2.24, 2.45) is 0 Å². The van der Waals surface area contributed by atoms with Crippen LogP contribution in [0.1, 0.15) is 0 Å². The van der Waals surface area contributed by atoms with Gasteiger partial charge in [-0.25, -0.2) is 0 Å². The molecule has 0 aliphatic carbocycles. The first-order chi connectivity index (χ1) is 3.39. The predicted molar refractivity (Wildman–Crippen MR) is 35.2 cm³/mol. The molecule has 0 fully saturated rings. The van der Waals surface area contributed by atoms with Crippen molar-refractivity contribution in [3.8, 4) is 0 Å². The van der Waals surface area contributed by atoms with Crippen molar-refractivity contribution in [2.75, 3.05) is 5.75 Å². The van der Waals surface area contributed by atoms with Gasteiger partial charge < -0.3 is 5.11 Å². The Morgan fingerprint density at radius 3 is 2.86 bits per heavy atom. The van der Waals surface area contributed by atoms with Gasteiger partial charge in [0.25, 0.3) is 0 Å². The smallest absolute Gasteiger partial charge is 0.150 e. The lowest BCUT2D eigenvalue weighted by atomic mass is 10.8. The van der Waals surface area contributed by atoms with Gasteiger partial charge in [-0.3, -0.25) is 0 Å². The summed E-state index contributed by atoms with van der Waals surface area (Å²) in [7, 11) is 0. The molecule has 1 nitrogen and oxygen atoms in total. The second kappa shape index (κ2) is 2.64. The summed E-state index contributed by atoms with van der Waals surface area (Å²) in [4.78, 5) is 0. The van der Waals surface area contributed by atoms with Gasteiger partial charge in [0.1, 0.15) is 0 Å². The van der Waals surface area contributed by atoms with Crippen LogP contribution >= 0.6 is 23.5 Å². The standard InChI is InChI=1S/C4H6OS2/c5-4-6-2-1-3-7-4/h1-2,4-5H,3H2. The fourth-order valence-electron chi connectivity index (χ4n) is 0.339. The topological polar surface area (TPSA) is 20.2 Å². The summed E-state index contributed by atoms with van der Waals surface area (Å²) in [6.07, 6.45) is 2.04. The highest BCUT2D eigenvalue weighted by Crippen LogP contribution is 2.25. The Morgan fingerprint density at radius 2 is 2.57 bits per heavy atom. The molecule has 0 aromatic rings. The van der Waals surface area contributed by atoms with Gasteiger partial charge in [-0.15, -0.1) is 11.8 Å². The molecule has 0 amide bonds. The zero-order valence-corrected chi connectivity index (χ0v) is 5.34. The zero-order chi connectivity index (χ0) is 5.11. The number of aliphatic hydroxyl groups is 1. The van der Waals surface area contributed by atoms with E-state index in [-0.39, 0.29) is 4.77 Å². The van der Waals surface area contributed by atoms with Crippen LogP contribution in [-0.4, -0.2) is 15.6 Å². The van der Waals surface area contributed by atoms with Crippen molar-refractivity contribution in [3.05, 3.63) is 11.5 Å². The van der Waals surface area contributed by atoms with Crippen LogP contribution in [0.25, 0.3) is 0 Å². The molecule has 0 bridgehead atoms. The maximum Gasteiger partial charge on any atom is 0.150 e. The number of thioether (sulfide) groups is 2. The van der Waals surface area contributed by atoms with E-state index < -0.39 is 0 Å². The second-order valence-electron chi connectivity index (χ2n) is 1.15. The molecule has 1 aliphatic heterocycles. The van der Waals surface area contributed by atoms with Crippen LogP contribution in [0.4, 0.5) is 0 Å². The first kappa shape index (κ1) is 5.54. The monoisotopic (exact) mass is 134 g/mol. The lowest BCUT2D eigenvalue weighted by Gasteiger charge is -2.07. The molecule has 1 N–H and O–H groups in total. The molecule has 0 aromatic carbocycles. The molecule has 7 heavy (non-hydrogen) atoms. The van der Waals surface area contributed by atoms with Crippen molar-refractivity contribution >= 4 is 23.5 Å². The Kier molecular flexibility index (Phi) is 2.09. The molecule has 1 heterocycles. The minimum atomic E-state index is -0.218. The summed E-state index contributed by atoms with van der Waals surface area (Å²) in [6, 6.07) is 0. The van der Waals surface area contributed by atoms with Crippen molar-refractivity contribution < 1.29 is 5.11 Å². The van der Waals surface area contributed by atoms with Crippen LogP contribution in [0.2, 0.25) is 0 Å². The van der Waals surface area contributed by atoms with Gasteiger partial charge in [-0.1, -0.05) is 17.8 Å². The van der Waals surface area contributed by atoms with Crippen LogP contribution in [0.15, 0.2) is 11.5 Å². The predicted octanol–water partition coefficient (Wildman–Crippen LogP) is 1.26. The number of hydrogen-bond acceptors (Lipinski definition) is 3. The largest absolute Gasteiger partial charge is 0.373 e. The Bertz CT molecular complexity index is 81.8. The van der Waals surface area contributed by atoms with Crippen molar-refractivity contribution in [3.63, 3.8) is 0 Å². The fourth-order valence-corrected chi connectivity index (χ4v) is 1.92. The van der Waals surface area contributed by atoms with E-state index >= 15 is 0 Å². The molecular formula is C4H6OS2. The van der Waals surface area contributed by atoms with Crippen LogP contribution in [0.5, 0.6) is 0 Å². The van der Waals surface area contributed by atoms with Crippen molar-refractivity contribution in [1.82, 2.24) is 0 Å². The van der Waals surface area contributed by atoms with Crippen LogP contribution in [-0.2, 0) is 0 Å². The number of hydrogen-bond donors (Lipinski definition) is 1. The first-order valence-corrected chi connectivity index (χ1v) is 3.99. The fraction of sp³-hybridized carbons (Fsp3) is 0.500. The molecule has 1 rings (SSSR count). The Labute approximate surface area is 51.2 Å². The third-order valence-electron chi connectivity index (χ3n) is 0.626. The Balaban J connectivity index is 2.32. The third kappa shape index (κ3) is 1.76. The quantitative estimate of drug-likeness (QED) is 0.538. The average molecular weight is 134 g/mol. The van der Waals surface area contributed by atoms with Crippen LogP contribution < -0.4 is 0 Å². The SMILES string of the molecule is OC1SC=CCS1. The van der Waals surface area contributed by atoms with E-state index in [0.717, 1.165) is 5.75 Å². The van der Waals surface area contributed by atoms with E-state index in [2.05, 4.69) is 0 Å². The minimum Gasteiger partial charge on any atom is -0.373 e. The van der Waals surface area contributed by atoms with Gasteiger partial charge in [0.2, 0.25) is 0 Å². The molecule has 0 spiro atoms. The molecule has 0 saturated carbocycles. The number of rotatable bonds is 0. The zero-order valence-electron chi connectivity index (χ0n) is 3.70. The summed E-state index contributed by atoms with van der Waals surface area (Å²) in [6.45, 7) is 0. The Morgan fingerprint density at radius 1 is 1.71 bits per heavy atom. The summed E-state index contributed by atoms with van der Waals surface area (Å²) in [5, 5.41) is 10.7. The summed E-state index contributed by atoms with van der Waals surface area (Å²) < 4.78 is -0.218. The molecule has 0 radical (unpaired) electrons. The van der Waals surface area contributed by atoms with E-state index in [1.807, 2.05) is 11.5 Å². The van der Waals surface area contributed by atoms with Gasteiger partial charge >= 0.3 is 0 Å². The summed E-state index contributed by atoms with van der Waals surface area (Å²) in [5.41, 5.74) is 0. The van der Waals surface area contributed by atoms with E-state index in [0.29, 0.717) is 0 Å². The first-order valence-electron chi connectivity index (χ1n) is 2.00. The molecule has 1 atom stereocenters. The summed E-state index contributed by atoms with van der Waals surface area (Å²) >= 11 is 3.01. The second-order valence-corrected chi connectivity index (χ2v) is 3.55. The Hall–Kier alpha value is 0.400. The minimum absolute atomic E-state index is 0.218. The molecular weight excluding hydrogens is 128 g/mol. The molecule has 0 aromatic heterocycles. The highest BCUT2D eigenvalue weighted by atomic mass is 32.2. The van der Waals surface area contributed by atoms with E-state index in [9.17, 15) is 0 Å². The van der Waals surface area contributed by atoms with Gasteiger partial charge in [0, 0.05) is 5.75 Å². The lowest BCUT2D eigenvalue weighted by Crippen LogP contribution is -1.95. The molecule has 3 heteroatoms. The molecule has 40 valence electrons. The average Bonchev–Trinajstić information content (AvgIpc) is 1.69. The molecule has 0 saturated heterocycles. The van der Waals surface area contributed by atoms with E-state index in [4.69, 9.17) is 5.11 Å². The third-order valence-corrected chi connectivity index (χ3v) is 2.62. The maximum atomic E-state index is 8.78. The van der Waals surface area contributed by atoms with E-state index in [1.165, 1.54) is 11.8 Å². The molecule has 1 unspecified atom stereocenters. The van der Waals surface area contributed by atoms with Gasteiger partial charge in [-0.2, -0.15) is 0 Å². The van der Waals surface area contributed by atoms with E-state index in [1.54, 1.807) is 11.8 Å². The highest BCUT2D eigenvalue weighted by molar-refractivity contribution is 8.18. The van der Waals surface area contributed by atoms with Gasteiger partial charge in [0.05, 0.1) is 0 Å². The van der Waals surface area contributed by atoms with Crippen LogP contribution in [0.3, 0.4) is 0 Å². The highest BCUT2D eigenvalue weighted by Gasteiger charge is 2.03. The van der Waals surface area contributed by atoms with Gasteiger partial charge in [-0.05, 0) is 5.41 Å². The van der Waals surface area contributed by atoms with Crippen molar-refractivity contribution in [1.29, 1.82) is 0 Å².